The summed E-state index contributed by atoms with van der Waals surface area (Å²) in [6.45, 7) is 1.58. The third-order valence-corrected chi connectivity index (χ3v) is 4.13. The number of hydrogen-bond acceptors (Lipinski definition) is 2. The van der Waals surface area contributed by atoms with Crippen LogP contribution in [-0.2, 0) is 17.6 Å². The predicted molar refractivity (Wildman–Crippen MR) is 81.1 cm³/mol. The Balaban J connectivity index is 1.93. The van der Waals surface area contributed by atoms with Gasteiger partial charge in [0.25, 0.3) is 5.91 Å². The second kappa shape index (κ2) is 5.24. The van der Waals surface area contributed by atoms with Gasteiger partial charge < -0.3 is 16.0 Å². The van der Waals surface area contributed by atoms with E-state index in [1.165, 1.54) is 24.1 Å². The number of carbonyl (C=O) groups excluding carboxylic acids is 2. The third kappa shape index (κ3) is 2.51. The molecule has 0 spiro atoms. The number of benzene rings is 1. The van der Waals surface area contributed by atoms with Crippen LogP contribution in [0.4, 0.5) is 0 Å². The van der Waals surface area contributed by atoms with Gasteiger partial charge in [0.05, 0.1) is 0 Å². The first-order chi connectivity index (χ1) is 10.1. The van der Waals surface area contributed by atoms with E-state index in [2.05, 4.69) is 10.3 Å². The zero-order valence-electron chi connectivity index (χ0n) is 12.0. The van der Waals surface area contributed by atoms with Crippen molar-refractivity contribution < 1.29 is 9.59 Å². The Hall–Kier alpha value is -2.30. The highest BCUT2D eigenvalue weighted by Gasteiger charge is 2.18. The Labute approximate surface area is 122 Å². The standard InChI is InChI=1S/C16H19N3O2/c1-9(15(17)20)18-16(21)10-6-7-14-12(8-10)11-4-2-3-5-13(11)19-14/h6-9,19H,2-5H2,1H3,(H2,17,20)(H,18,21)/t9-/m1/s1. The number of aryl methyl sites for hydroxylation is 2. The smallest absolute Gasteiger partial charge is 0.251 e. The molecule has 0 radical (unpaired) electrons. The van der Waals surface area contributed by atoms with Crippen molar-refractivity contribution in [2.75, 3.05) is 0 Å². The summed E-state index contributed by atoms with van der Waals surface area (Å²) >= 11 is 0. The van der Waals surface area contributed by atoms with E-state index in [1.54, 1.807) is 13.0 Å². The molecular formula is C16H19N3O2. The van der Waals surface area contributed by atoms with E-state index in [-0.39, 0.29) is 5.91 Å². The normalized spacial score (nSPS) is 15.5. The fourth-order valence-electron chi connectivity index (χ4n) is 2.90. The summed E-state index contributed by atoms with van der Waals surface area (Å²) in [7, 11) is 0. The lowest BCUT2D eigenvalue weighted by molar-refractivity contribution is -0.119. The van der Waals surface area contributed by atoms with Crippen LogP contribution in [0.5, 0.6) is 0 Å². The predicted octanol–water partition coefficient (Wildman–Crippen LogP) is 1.65. The number of hydrogen-bond donors (Lipinski definition) is 3. The Bertz CT molecular complexity index is 718. The average Bonchev–Trinajstić information content (AvgIpc) is 2.84. The van der Waals surface area contributed by atoms with E-state index in [9.17, 15) is 9.59 Å². The maximum atomic E-state index is 12.2. The number of carbonyl (C=O) groups is 2. The van der Waals surface area contributed by atoms with Gasteiger partial charge in [-0.2, -0.15) is 0 Å². The van der Waals surface area contributed by atoms with Crippen LogP contribution in [0, 0.1) is 0 Å². The molecule has 4 N–H and O–H groups in total. The fraction of sp³-hybridized carbons (Fsp3) is 0.375. The Morgan fingerprint density at radius 1 is 1.29 bits per heavy atom. The molecule has 2 aromatic rings. The number of aromatic nitrogens is 1. The summed E-state index contributed by atoms with van der Waals surface area (Å²) in [4.78, 5) is 26.6. The molecule has 1 heterocycles. The molecule has 0 unspecified atom stereocenters. The largest absolute Gasteiger partial charge is 0.368 e. The number of H-pyrrole nitrogens is 1. The van der Waals surface area contributed by atoms with E-state index in [0.29, 0.717) is 5.56 Å². The molecule has 21 heavy (non-hydrogen) atoms. The van der Waals surface area contributed by atoms with Crippen molar-refractivity contribution in [2.45, 2.75) is 38.6 Å². The van der Waals surface area contributed by atoms with Gasteiger partial charge >= 0.3 is 0 Å². The summed E-state index contributed by atoms with van der Waals surface area (Å²) in [5.74, 6) is -0.808. The monoisotopic (exact) mass is 285 g/mol. The van der Waals surface area contributed by atoms with Gasteiger partial charge in [-0.25, -0.2) is 0 Å². The molecule has 0 bridgehead atoms. The van der Waals surface area contributed by atoms with Crippen LogP contribution in [-0.4, -0.2) is 22.8 Å². The molecule has 1 aliphatic rings. The van der Waals surface area contributed by atoms with E-state index < -0.39 is 11.9 Å². The lowest BCUT2D eigenvalue weighted by Crippen LogP contribution is -2.42. The van der Waals surface area contributed by atoms with Gasteiger partial charge in [0, 0.05) is 22.2 Å². The highest BCUT2D eigenvalue weighted by atomic mass is 16.2. The molecule has 1 aliphatic carbocycles. The van der Waals surface area contributed by atoms with E-state index in [4.69, 9.17) is 5.73 Å². The van der Waals surface area contributed by atoms with Crippen LogP contribution < -0.4 is 11.1 Å². The van der Waals surface area contributed by atoms with Crippen LogP contribution in [0.1, 0.15) is 41.4 Å². The van der Waals surface area contributed by atoms with Gasteiger partial charge in [-0.1, -0.05) is 0 Å². The number of nitrogens with one attached hydrogen (secondary N) is 2. The minimum Gasteiger partial charge on any atom is -0.368 e. The molecular weight excluding hydrogens is 266 g/mol. The highest BCUT2D eigenvalue weighted by Crippen LogP contribution is 2.29. The van der Waals surface area contributed by atoms with Crippen molar-refractivity contribution in [1.82, 2.24) is 10.3 Å². The van der Waals surface area contributed by atoms with E-state index in [0.717, 1.165) is 23.7 Å². The fourth-order valence-corrected chi connectivity index (χ4v) is 2.90. The van der Waals surface area contributed by atoms with Crippen LogP contribution in [0.2, 0.25) is 0 Å². The zero-order chi connectivity index (χ0) is 15.0. The summed E-state index contributed by atoms with van der Waals surface area (Å²) < 4.78 is 0. The first-order valence-electron chi connectivity index (χ1n) is 7.30. The van der Waals surface area contributed by atoms with Gasteiger partial charge in [0.15, 0.2) is 0 Å². The number of primary amides is 1. The Morgan fingerprint density at radius 3 is 2.81 bits per heavy atom. The SMILES string of the molecule is C[C@@H](NC(=O)c1ccc2[nH]c3c(c2c1)CCCC3)C(N)=O. The summed E-state index contributed by atoms with van der Waals surface area (Å²) in [5.41, 5.74) is 9.42. The van der Waals surface area contributed by atoms with Crippen LogP contribution in [0.15, 0.2) is 18.2 Å². The van der Waals surface area contributed by atoms with Crippen molar-refractivity contribution >= 4 is 22.7 Å². The zero-order valence-corrected chi connectivity index (χ0v) is 12.0. The maximum absolute atomic E-state index is 12.2. The van der Waals surface area contributed by atoms with Gasteiger partial charge in [-0.05, 0) is 56.4 Å². The Morgan fingerprint density at radius 2 is 2.05 bits per heavy atom. The molecule has 1 atom stereocenters. The van der Waals surface area contributed by atoms with Gasteiger partial charge in [-0.3, -0.25) is 9.59 Å². The van der Waals surface area contributed by atoms with Crippen LogP contribution in [0.3, 0.4) is 0 Å². The molecule has 3 rings (SSSR count). The number of amides is 2. The lowest BCUT2D eigenvalue weighted by atomic mass is 9.95. The summed E-state index contributed by atoms with van der Waals surface area (Å²) in [6.07, 6.45) is 4.53. The molecule has 5 nitrogen and oxygen atoms in total. The minimum atomic E-state index is -0.673. The van der Waals surface area contributed by atoms with Crippen molar-refractivity contribution in [3.8, 4) is 0 Å². The van der Waals surface area contributed by atoms with E-state index >= 15 is 0 Å². The molecule has 0 aliphatic heterocycles. The summed E-state index contributed by atoms with van der Waals surface area (Å²) in [6, 6.07) is 4.93. The van der Waals surface area contributed by atoms with Crippen LogP contribution in [0.25, 0.3) is 10.9 Å². The third-order valence-electron chi connectivity index (χ3n) is 4.13. The molecule has 1 aromatic heterocycles. The lowest BCUT2D eigenvalue weighted by Gasteiger charge is -2.11. The molecule has 5 heteroatoms. The first-order valence-corrected chi connectivity index (χ1v) is 7.30. The quantitative estimate of drug-likeness (QED) is 0.800. The Kier molecular flexibility index (Phi) is 3.41. The molecule has 0 saturated carbocycles. The van der Waals surface area contributed by atoms with Gasteiger partial charge in [0.1, 0.15) is 6.04 Å². The topological polar surface area (TPSA) is 88.0 Å². The number of fused-ring (bicyclic) bond motifs is 3. The van der Waals surface area contributed by atoms with Crippen molar-refractivity contribution in [1.29, 1.82) is 0 Å². The molecule has 0 fully saturated rings. The minimum absolute atomic E-state index is 0.269. The second-order valence-corrected chi connectivity index (χ2v) is 5.65. The van der Waals surface area contributed by atoms with Crippen molar-refractivity contribution in [3.05, 3.63) is 35.0 Å². The van der Waals surface area contributed by atoms with E-state index in [1.807, 2.05) is 12.1 Å². The van der Waals surface area contributed by atoms with Gasteiger partial charge in [0.2, 0.25) is 5.91 Å². The maximum Gasteiger partial charge on any atom is 0.251 e. The molecule has 110 valence electrons. The second-order valence-electron chi connectivity index (χ2n) is 5.65. The number of aromatic amines is 1. The van der Waals surface area contributed by atoms with Gasteiger partial charge in [-0.15, -0.1) is 0 Å². The number of rotatable bonds is 3. The highest BCUT2D eigenvalue weighted by molar-refractivity contribution is 6.00. The van der Waals surface area contributed by atoms with Crippen LogP contribution >= 0.6 is 0 Å². The average molecular weight is 285 g/mol. The molecule has 0 saturated heterocycles. The first kappa shape index (κ1) is 13.7. The van der Waals surface area contributed by atoms with Crippen molar-refractivity contribution in [3.63, 3.8) is 0 Å². The molecule has 1 aromatic carbocycles. The van der Waals surface area contributed by atoms with Crippen molar-refractivity contribution in [2.24, 2.45) is 5.73 Å². The molecule has 2 amide bonds. The summed E-state index contributed by atoms with van der Waals surface area (Å²) in [5, 5.41) is 3.72. The number of nitrogens with two attached hydrogens (primary N) is 1.